The molecule has 1 aliphatic rings. The Hall–Kier alpha value is -4.12. The summed E-state index contributed by atoms with van der Waals surface area (Å²) in [4.78, 5) is 30.9. The second-order valence-corrected chi connectivity index (χ2v) is 9.31. The zero-order chi connectivity index (χ0) is 28.2. The lowest BCUT2D eigenvalue weighted by Gasteiger charge is -2.32. The van der Waals surface area contributed by atoms with Gasteiger partial charge in [-0.05, 0) is 41.8 Å². The Morgan fingerprint density at radius 2 is 1.72 bits per heavy atom. The molecule has 0 radical (unpaired) electrons. The molecule has 1 aliphatic heterocycles. The van der Waals surface area contributed by atoms with Gasteiger partial charge in [-0.1, -0.05) is 36.4 Å². The fourth-order valence-corrected chi connectivity index (χ4v) is 4.31. The van der Waals surface area contributed by atoms with Gasteiger partial charge in [-0.2, -0.15) is 0 Å². The smallest absolute Gasteiger partial charge is 0.474 e. The molecule has 1 saturated heterocycles. The molecule has 3 aromatic rings. The van der Waals surface area contributed by atoms with Gasteiger partial charge in [0.25, 0.3) is 5.91 Å². The minimum Gasteiger partial charge on any atom is -0.474 e. The molecule has 2 amide bonds. The summed E-state index contributed by atoms with van der Waals surface area (Å²) in [5.74, 6) is -1.06. The van der Waals surface area contributed by atoms with Crippen LogP contribution in [0.3, 0.4) is 0 Å². The van der Waals surface area contributed by atoms with Crippen molar-refractivity contribution in [2.75, 3.05) is 13.1 Å². The van der Waals surface area contributed by atoms with Crippen molar-refractivity contribution in [2.45, 2.75) is 44.8 Å². The largest absolute Gasteiger partial charge is 0.573 e. The van der Waals surface area contributed by atoms with Crippen molar-refractivity contribution in [3.63, 3.8) is 0 Å². The topological polar surface area (TPSA) is 115 Å². The maximum atomic E-state index is 12.7. The number of carbonyl (C=O) groups is 2. The van der Waals surface area contributed by atoms with E-state index in [4.69, 9.17) is 10.5 Å². The van der Waals surface area contributed by atoms with Crippen LogP contribution in [0, 0.1) is 0 Å². The number of nitrogens with zero attached hydrogens (tertiary/aromatic N) is 2. The second kappa shape index (κ2) is 11.7. The van der Waals surface area contributed by atoms with E-state index in [0.717, 1.165) is 11.1 Å². The number of likely N-dealkylation sites (tertiary alicyclic amines) is 1. The van der Waals surface area contributed by atoms with E-state index in [-0.39, 0.29) is 35.6 Å². The van der Waals surface area contributed by atoms with E-state index < -0.39 is 18.4 Å². The van der Waals surface area contributed by atoms with Crippen LogP contribution in [0.5, 0.6) is 11.6 Å². The van der Waals surface area contributed by atoms with Crippen LogP contribution >= 0.6 is 0 Å². The number of amides is 2. The van der Waals surface area contributed by atoms with Crippen molar-refractivity contribution < 1.29 is 37.3 Å². The third-order valence-corrected chi connectivity index (χ3v) is 6.43. The average Bonchev–Trinajstić information content (AvgIpc) is 2.89. The number of aliphatic hydroxyl groups is 1. The first-order valence-corrected chi connectivity index (χ1v) is 12.4. The number of benzene rings is 2. The molecule has 1 fully saturated rings. The Morgan fingerprint density at radius 3 is 2.28 bits per heavy atom. The van der Waals surface area contributed by atoms with Crippen molar-refractivity contribution in [3.8, 4) is 22.8 Å². The van der Waals surface area contributed by atoms with Crippen LogP contribution in [0.15, 0.2) is 60.8 Å². The van der Waals surface area contributed by atoms with Crippen LogP contribution in [0.25, 0.3) is 11.1 Å². The van der Waals surface area contributed by atoms with Crippen LogP contribution < -0.4 is 15.2 Å². The Bertz CT molecular complexity index is 1300. The number of halogens is 3. The zero-order valence-corrected chi connectivity index (χ0v) is 21.1. The van der Waals surface area contributed by atoms with E-state index in [2.05, 4.69) is 9.72 Å². The monoisotopic (exact) mass is 543 g/mol. The van der Waals surface area contributed by atoms with Gasteiger partial charge in [-0.25, -0.2) is 4.98 Å². The molecule has 206 valence electrons. The first-order valence-electron chi connectivity index (χ1n) is 12.4. The standard InChI is InChI=1S/C28H28F3N3O5/c1-17(35)19-4-6-20(7-5-19)21-15-24(26(32)37)27(33-16-21)38-22-10-12-34(13-11-22)25(36)14-18-2-8-23(9-3-18)39-28(29,30)31/h2-9,15-17,22,35H,10-14H2,1H3,(H2,32,37)/t17-/m0/s1. The molecule has 0 spiro atoms. The maximum absolute atomic E-state index is 12.7. The number of hydrogen-bond donors (Lipinski definition) is 2. The highest BCUT2D eigenvalue weighted by molar-refractivity contribution is 5.96. The molecule has 0 saturated carbocycles. The normalized spacial score (nSPS) is 15.1. The van der Waals surface area contributed by atoms with Crippen LogP contribution in [0.2, 0.25) is 0 Å². The van der Waals surface area contributed by atoms with Gasteiger partial charge >= 0.3 is 6.36 Å². The molecule has 11 heteroatoms. The Morgan fingerprint density at radius 1 is 1.08 bits per heavy atom. The SMILES string of the molecule is C[C@H](O)c1ccc(-c2cnc(OC3CCN(C(=O)Cc4ccc(OC(F)(F)F)cc4)CC3)c(C(N)=O)c2)cc1. The molecule has 8 nitrogen and oxygen atoms in total. The number of carbonyl (C=O) groups excluding carboxylic acids is 2. The van der Waals surface area contributed by atoms with E-state index in [1.807, 2.05) is 12.1 Å². The van der Waals surface area contributed by atoms with Crippen molar-refractivity contribution >= 4 is 11.8 Å². The molecule has 0 unspecified atom stereocenters. The third kappa shape index (κ3) is 7.47. The van der Waals surface area contributed by atoms with Gasteiger partial charge in [0.05, 0.1) is 12.5 Å². The van der Waals surface area contributed by atoms with Crippen LogP contribution in [-0.4, -0.2) is 52.4 Å². The van der Waals surface area contributed by atoms with Gasteiger partial charge in [0.2, 0.25) is 11.8 Å². The number of rotatable bonds is 8. The van der Waals surface area contributed by atoms with Crippen molar-refractivity contribution in [1.29, 1.82) is 0 Å². The third-order valence-electron chi connectivity index (χ3n) is 6.43. The summed E-state index contributed by atoms with van der Waals surface area (Å²) in [6.45, 7) is 2.50. The molecule has 4 rings (SSSR count). The van der Waals surface area contributed by atoms with Gasteiger partial charge in [0.1, 0.15) is 17.4 Å². The minimum atomic E-state index is -4.77. The highest BCUT2D eigenvalue weighted by Crippen LogP contribution is 2.28. The molecule has 3 N–H and O–H groups in total. The summed E-state index contributed by atoms with van der Waals surface area (Å²) in [7, 11) is 0. The number of pyridine rings is 1. The van der Waals surface area contributed by atoms with E-state index in [9.17, 15) is 27.9 Å². The fourth-order valence-electron chi connectivity index (χ4n) is 4.31. The first-order chi connectivity index (χ1) is 18.5. The van der Waals surface area contributed by atoms with Gasteiger partial charge < -0.3 is 25.2 Å². The van der Waals surface area contributed by atoms with E-state index in [1.54, 1.807) is 36.2 Å². The van der Waals surface area contributed by atoms with Crippen LogP contribution in [-0.2, 0) is 11.2 Å². The summed E-state index contributed by atoms with van der Waals surface area (Å²) in [5, 5.41) is 9.70. The number of ether oxygens (including phenoxy) is 2. The van der Waals surface area contributed by atoms with E-state index >= 15 is 0 Å². The van der Waals surface area contributed by atoms with Crippen LogP contribution in [0.1, 0.15) is 47.4 Å². The minimum absolute atomic E-state index is 0.0465. The number of primary amides is 1. The second-order valence-electron chi connectivity index (χ2n) is 9.31. The molecule has 2 aromatic carbocycles. The first kappa shape index (κ1) is 27.9. The number of aromatic nitrogens is 1. The number of aliphatic hydroxyl groups excluding tert-OH is 1. The molecule has 2 heterocycles. The quantitative estimate of drug-likeness (QED) is 0.435. The zero-order valence-electron chi connectivity index (χ0n) is 21.1. The van der Waals surface area contributed by atoms with Crippen molar-refractivity contribution in [1.82, 2.24) is 9.88 Å². The maximum Gasteiger partial charge on any atom is 0.573 e. The summed E-state index contributed by atoms with van der Waals surface area (Å²) < 4.78 is 46.8. The number of alkyl halides is 3. The lowest BCUT2D eigenvalue weighted by Crippen LogP contribution is -2.42. The number of nitrogens with two attached hydrogens (primary N) is 1. The lowest BCUT2D eigenvalue weighted by atomic mass is 10.0. The molecule has 39 heavy (non-hydrogen) atoms. The van der Waals surface area contributed by atoms with Gasteiger partial charge in [0.15, 0.2) is 0 Å². The Balaban J connectivity index is 1.34. The van der Waals surface area contributed by atoms with Gasteiger partial charge in [0, 0.05) is 37.7 Å². The average molecular weight is 544 g/mol. The lowest BCUT2D eigenvalue weighted by molar-refractivity contribution is -0.274. The van der Waals surface area contributed by atoms with E-state index in [0.29, 0.717) is 37.1 Å². The molecule has 1 aromatic heterocycles. The molecular formula is C28H28F3N3O5. The Kier molecular flexibility index (Phi) is 8.39. The molecule has 0 aliphatic carbocycles. The fraction of sp³-hybridized carbons (Fsp3) is 0.321. The predicted octanol–water partition coefficient (Wildman–Crippen LogP) is 4.41. The van der Waals surface area contributed by atoms with Crippen LogP contribution in [0.4, 0.5) is 13.2 Å². The highest BCUT2D eigenvalue weighted by atomic mass is 19.4. The summed E-state index contributed by atoms with van der Waals surface area (Å²) in [6.07, 6.45) is -3.00. The van der Waals surface area contributed by atoms with E-state index in [1.165, 1.54) is 24.3 Å². The summed E-state index contributed by atoms with van der Waals surface area (Å²) >= 11 is 0. The number of piperidine rings is 1. The molecule has 0 bridgehead atoms. The summed E-state index contributed by atoms with van der Waals surface area (Å²) in [6, 6.07) is 14.1. The van der Waals surface area contributed by atoms with Crippen molar-refractivity contribution in [3.05, 3.63) is 77.5 Å². The van der Waals surface area contributed by atoms with Crippen molar-refractivity contribution in [2.24, 2.45) is 5.73 Å². The summed E-state index contributed by atoms with van der Waals surface area (Å²) in [5.41, 5.74) is 8.55. The van der Waals surface area contributed by atoms with Gasteiger partial charge in [-0.3, -0.25) is 9.59 Å². The predicted molar refractivity (Wildman–Crippen MR) is 136 cm³/mol. The molecular weight excluding hydrogens is 515 g/mol. The highest BCUT2D eigenvalue weighted by Gasteiger charge is 2.31. The number of hydrogen-bond acceptors (Lipinski definition) is 6. The van der Waals surface area contributed by atoms with Gasteiger partial charge in [-0.15, -0.1) is 13.2 Å². The molecule has 1 atom stereocenters. The Labute approximate surface area is 223 Å².